The number of hydrogen-bond donors (Lipinski definition) is 0. The molecule has 0 aromatic rings. The van der Waals surface area contributed by atoms with Crippen LogP contribution in [-0.4, -0.2) is 75.1 Å². The second kappa shape index (κ2) is 9.33. The number of amides is 1. The molecule has 0 saturated carbocycles. The standard InChI is InChI=1S/C20H35N3O3Si/c1-20(2,22-10-12-25-13-11-22)14-17(15-21)19(24)23-9-7-6-8-18(23)16-26-27(3,4)5/h14,18H,6-13,16H2,1-5H3/t18-/m1/s1. The number of nitrogens with zero attached hydrogens (tertiary/aromatic N) is 3. The molecule has 2 rings (SSSR count). The van der Waals surface area contributed by atoms with Gasteiger partial charge in [0.15, 0.2) is 8.32 Å². The number of rotatable bonds is 6. The van der Waals surface area contributed by atoms with Crippen molar-refractivity contribution >= 4 is 14.2 Å². The fourth-order valence-electron chi connectivity index (χ4n) is 3.67. The third-order valence-corrected chi connectivity index (χ3v) is 6.30. The summed E-state index contributed by atoms with van der Waals surface area (Å²) < 4.78 is 11.5. The van der Waals surface area contributed by atoms with Crippen LogP contribution in [0.25, 0.3) is 0 Å². The Balaban J connectivity index is 2.14. The van der Waals surface area contributed by atoms with Gasteiger partial charge in [0.2, 0.25) is 0 Å². The Hall–Kier alpha value is -1.20. The molecule has 152 valence electrons. The smallest absolute Gasteiger partial charge is 0.264 e. The van der Waals surface area contributed by atoms with E-state index in [0.29, 0.717) is 26.4 Å². The maximum absolute atomic E-state index is 13.2. The molecule has 2 aliphatic heterocycles. The second-order valence-corrected chi connectivity index (χ2v) is 13.5. The van der Waals surface area contributed by atoms with Crippen LogP contribution in [0.3, 0.4) is 0 Å². The first-order valence-electron chi connectivity index (χ1n) is 10.0. The largest absolute Gasteiger partial charge is 0.416 e. The monoisotopic (exact) mass is 393 g/mol. The summed E-state index contributed by atoms with van der Waals surface area (Å²) in [6.07, 6.45) is 4.88. The van der Waals surface area contributed by atoms with Gasteiger partial charge in [0.1, 0.15) is 11.6 Å². The van der Waals surface area contributed by atoms with Crippen LogP contribution < -0.4 is 0 Å². The van der Waals surface area contributed by atoms with E-state index in [1.54, 1.807) is 0 Å². The molecule has 0 aliphatic carbocycles. The van der Waals surface area contributed by atoms with Crippen molar-refractivity contribution in [2.24, 2.45) is 0 Å². The summed E-state index contributed by atoms with van der Waals surface area (Å²) in [5, 5.41) is 9.70. The zero-order valence-electron chi connectivity index (χ0n) is 17.6. The highest BCUT2D eigenvalue weighted by atomic mass is 28.4. The summed E-state index contributed by atoms with van der Waals surface area (Å²) in [4.78, 5) is 17.3. The quantitative estimate of drug-likeness (QED) is 0.394. The number of nitriles is 1. The van der Waals surface area contributed by atoms with Crippen molar-refractivity contribution in [1.29, 1.82) is 5.26 Å². The molecule has 1 atom stereocenters. The van der Waals surface area contributed by atoms with Crippen molar-refractivity contribution in [2.45, 2.75) is 64.3 Å². The van der Waals surface area contributed by atoms with Crippen molar-refractivity contribution in [3.05, 3.63) is 11.6 Å². The zero-order chi connectivity index (χ0) is 20.1. The average Bonchev–Trinajstić information content (AvgIpc) is 2.64. The van der Waals surface area contributed by atoms with E-state index < -0.39 is 8.32 Å². The van der Waals surface area contributed by atoms with E-state index in [1.807, 2.05) is 11.0 Å². The lowest BCUT2D eigenvalue weighted by Crippen LogP contribution is -2.50. The number of ether oxygens (including phenoxy) is 1. The Morgan fingerprint density at radius 2 is 1.93 bits per heavy atom. The Morgan fingerprint density at radius 1 is 1.26 bits per heavy atom. The summed E-state index contributed by atoms with van der Waals surface area (Å²) in [6, 6.07) is 2.24. The molecule has 0 bridgehead atoms. The van der Waals surface area contributed by atoms with Crippen molar-refractivity contribution in [2.75, 3.05) is 39.5 Å². The molecule has 0 aromatic carbocycles. The Kier molecular flexibility index (Phi) is 7.63. The Labute approximate surface area is 165 Å². The summed E-state index contributed by atoms with van der Waals surface area (Å²) >= 11 is 0. The number of piperidine rings is 1. The van der Waals surface area contributed by atoms with E-state index in [9.17, 15) is 10.1 Å². The van der Waals surface area contributed by atoms with Crippen molar-refractivity contribution in [3.8, 4) is 6.07 Å². The number of morpholine rings is 1. The number of carbonyl (C=O) groups is 1. The van der Waals surface area contributed by atoms with Gasteiger partial charge in [-0.1, -0.05) is 0 Å². The SMILES string of the molecule is CC(C)(C=C(C#N)C(=O)N1CCCC[C@@H]1CO[Si](C)(C)C)N1CCOCC1. The minimum Gasteiger partial charge on any atom is -0.416 e. The Bertz CT molecular complexity index is 586. The molecule has 7 heteroatoms. The van der Waals surface area contributed by atoms with Crippen LogP contribution >= 0.6 is 0 Å². The Morgan fingerprint density at radius 3 is 2.52 bits per heavy atom. The molecule has 1 amide bonds. The lowest BCUT2D eigenvalue weighted by atomic mass is 9.96. The van der Waals surface area contributed by atoms with Gasteiger partial charge in [0.05, 0.1) is 25.9 Å². The first-order valence-corrected chi connectivity index (χ1v) is 13.5. The number of carbonyl (C=O) groups excluding carboxylic acids is 1. The molecular formula is C20H35N3O3Si. The summed E-state index contributed by atoms with van der Waals surface area (Å²) in [6.45, 7) is 14.9. The van der Waals surface area contributed by atoms with Crippen LogP contribution in [0.1, 0.15) is 33.1 Å². The molecule has 2 aliphatic rings. The second-order valence-electron chi connectivity index (χ2n) is 8.99. The number of hydrogen-bond acceptors (Lipinski definition) is 5. The predicted octanol–water partition coefficient (Wildman–Crippen LogP) is 2.78. The fourth-order valence-corrected chi connectivity index (χ4v) is 4.36. The van der Waals surface area contributed by atoms with Gasteiger partial charge in [-0.15, -0.1) is 0 Å². The van der Waals surface area contributed by atoms with Crippen LogP contribution in [0.4, 0.5) is 0 Å². The van der Waals surface area contributed by atoms with Crippen LogP contribution in [0.15, 0.2) is 11.6 Å². The molecule has 2 fully saturated rings. The molecule has 2 heterocycles. The highest BCUT2D eigenvalue weighted by Crippen LogP contribution is 2.24. The molecule has 0 N–H and O–H groups in total. The highest BCUT2D eigenvalue weighted by Gasteiger charge is 2.33. The molecular weight excluding hydrogens is 358 g/mol. The normalized spacial score (nSPS) is 23.2. The van der Waals surface area contributed by atoms with E-state index in [1.165, 1.54) is 0 Å². The van der Waals surface area contributed by atoms with Gasteiger partial charge < -0.3 is 14.1 Å². The predicted molar refractivity (Wildman–Crippen MR) is 109 cm³/mol. The van der Waals surface area contributed by atoms with Crippen LogP contribution in [0.2, 0.25) is 19.6 Å². The van der Waals surface area contributed by atoms with E-state index in [0.717, 1.165) is 32.4 Å². The van der Waals surface area contributed by atoms with E-state index in [-0.39, 0.29) is 23.1 Å². The van der Waals surface area contributed by atoms with Gasteiger partial charge >= 0.3 is 0 Å². The minimum atomic E-state index is -1.64. The molecule has 0 unspecified atom stereocenters. The van der Waals surface area contributed by atoms with Crippen molar-refractivity contribution in [3.63, 3.8) is 0 Å². The zero-order valence-corrected chi connectivity index (χ0v) is 18.6. The maximum atomic E-state index is 13.2. The van der Waals surface area contributed by atoms with Crippen molar-refractivity contribution in [1.82, 2.24) is 9.80 Å². The summed E-state index contributed by atoms with van der Waals surface area (Å²) in [5.41, 5.74) is -0.115. The lowest BCUT2D eigenvalue weighted by Gasteiger charge is -2.40. The molecule has 0 radical (unpaired) electrons. The van der Waals surface area contributed by atoms with Gasteiger partial charge in [0.25, 0.3) is 5.91 Å². The summed E-state index contributed by atoms with van der Waals surface area (Å²) in [7, 11) is -1.64. The van der Waals surface area contributed by atoms with Crippen molar-refractivity contribution < 1.29 is 14.0 Å². The molecule has 0 aromatic heterocycles. The van der Waals surface area contributed by atoms with E-state index in [4.69, 9.17) is 9.16 Å². The third kappa shape index (κ3) is 6.42. The average molecular weight is 394 g/mol. The maximum Gasteiger partial charge on any atom is 0.264 e. The first kappa shape index (κ1) is 22.1. The van der Waals surface area contributed by atoms with E-state index >= 15 is 0 Å². The number of likely N-dealkylation sites (tertiary alicyclic amines) is 1. The van der Waals surface area contributed by atoms with Gasteiger partial charge in [-0.05, 0) is 58.8 Å². The molecule has 0 spiro atoms. The molecule has 6 nitrogen and oxygen atoms in total. The lowest BCUT2D eigenvalue weighted by molar-refractivity contribution is -0.131. The van der Waals surface area contributed by atoms with E-state index in [2.05, 4.69) is 44.5 Å². The third-order valence-electron chi connectivity index (χ3n) is 5.27. The van der Waals surface area contributed by atoms with Gasteiger partial charge in [-0.2, -0.15) is 5.26 Å². The molecule has 2 saturated heterocycles. The van der Waals surface area contributed by atoms with Crippen LogP contribution in [0.5, 0.6) is 0 Å². The first-order chi connectivity index (χ1) is 12.6. The van der Waals surface area contributed by atoms with Gasteiger partial charge in [0, 0.05) is 25.2 Å². The minimum absolute atomic E-state index is 0.0706. The topological polar surface area (TPSA) is 65.8 Å². The van der Waals surface area contributed by atoms with Crippen LogP contribution in [-0.2, 0) is 14.0 Å². The summed E-state index contributed by atoms with van der Waals surface area (Å²) in [5.74, 6) is -0.150. The fraction of sp³-hybridized carbons (Fsp3) is 0.800. The van der Waals surface area contributed by atoms with Gasteiger partial charge in [-0.25, -0.2) is 0 Å². The highest BCUT2D eigenvalue weighted by molar-refractivity contribution is 6.69. The molecule has 27 heavy (non-hydrogen) atoms. The van der Waals surface area contributed by atoms with Crippen LogP contribution in [0, 0.1) is 11.3 Å². The van der Waals surface area contributed by atoms with Gasteiger partial charge in [-0.3, -0.25) is 9.69 Å².